The fourth-order valence-corrected chi connectivity index (χ4v) is 4.92. The van der Waals surface area contributed by atoms with E-state index >= 15 is 0 Å². The second-order valence-corrected chi connectivity index (χ2v) is 9.61. The Balaban J connectivity index is 1.59. The van der Waals surface area contributed by atoms with Crippen LogP contribution in [0.4, 0.5) is 11.4 Å². The van der Waals surface area contributed by atoms with Gasteiger partial charge >= 0.3 is 0 Å². The van der Waals surface area contributed by atoms with Gasteiger partial charge in [-0.3, -0.25) is 4.79 Å². The molecule has 0 aromatic heterocycles. The Hall–Kier alpha value is -2.38. The second-order valence-electron chi connectivity index (χ2n) is 7.67. The van der Waals surface area contributed by atoms with Gasteiger partial charge in [0, 0.05) is 24.5 Å². The van der Waals surface area contributed by atoms with Crippen LogP contribution >= 0.6 is 0 Å². The van der Waals surface area contributed by atoms with Crippen molar-refractivity contribution in [2.45, 2.75) is 43.9 Å². The standard InChI is InChI=1S/C22H29N3O3S/c1-17(2)18-9-11-19(12-10-18)24-22(26)16-23-20-7-6-8-21(15-20)29(27,28)25-13-4-3-5-14-25/h6-12,15,17,23H,3-5,13-14,16H2,1-2H3,(H,24,26). The normalized spacial score (nSPS) is 15.3. The lowest BCUT2D eigenvalue weighted by molar-refractivity contribution is -0.114. The van der Waals surface area contributed by atoms with Crippen molar-refractivity contribution in [3.05, 3.63) is 54.1 Å². The third-order valence-electron chi connectivity index (χ3n) is 5.10. The Kier molecular flexibility index (Phi) is 6.92. The Morgan fingerprint density at radius 1 is 1.00 bits per heavy atom. The minimum absolute atomic E-state index is 0.0547. The van der Waals surface area contributed by atoms with Gasteiger partial charge in [-0.2, -0.15) is 4.31 Å². The molecule has 0 aliphatic carbocycles. The summed E-state index contributed by atoms with van der Waals surface area (Å²) in [7, 11) is -3.49. The number of benzene rings is 2. The molecule has 7 heteroatoms. The molecule has 156 valence electrons. The number of rotatable bonds is 7. The highest BCUT2D eigenvalue weighted by Gasteiger charge is 2.25. The predicted molar refractivity (Wildman–Crippen MR) is 117 cm³/mol. The molecular formula is C22H29N3O3S. The quantitative estimate of drug-likeness (QED) is 0.715. The van der Waals surface area contributed by atoms with Crippen LogP contribution < -0.4 is 10.6 Å². The van der Waals surface area contributed by atoms with E-state index in [0.717, 1.165) is 24.9 Å². The van der Waals surface area contributed by atoms with Crippen molar-refractivity contribution in [3.8, 4) is 0 Å². The van der Waals surface area contributed by atoms with Crippen LogP contribution in [0.25, 0.3) is 0 Å². The fourth-order valence-electron chi connectivity index (χ4n) is 3.36. The molecule has 1 heterocycles. The Morgan fingerprint density at radius 2 is 1.69 bits per heavy atom. The van der Waals surface area contributed by atoms with E-state index in [2.05, 4.69) is 24.5 Å². The topological polar surface area (TPSA) is 78.5 Å². The average molecular weight is 416 g/mol. The van der Waals surface area contributed by atoms with Crippen LogP contribution in [-0.4, -0.2) is 38.3 Å². The number of nitrogens with one attached hydrogen (secondary N) is 2. The molecule has 0 saturated carbocycles. The van der Waals surface area contributed by atoms with Crippen molar-refractivity contribution in [1.82, 2.24) is 4.31 Å². The number of piperidine rings is 1. The van der Waals surface area contributed by atoms with Crippen LogP contribution in [0.5, 0.6) is 0 Å². The summed E-state index contributed by atoms with van der Waals surface area (Å²) in [5.41, 5.74) is 2.56. The fraction of sp³-hybridized carbons (Fsp3) is 0.409. The van der Waals surface area contributed by atoms with Gasteiger partial charge in [-0.15, -0.1) is 0 Å². The predicted octanol–water partition coefficient (Wildman–Crippen LogP) is 4.04. The van der Waals surface area contributed by atoms with Crippen molar-refractivity contribution >= 4 is 27.3 Å². The van der Waals surface area contributed by atoms with Gasteiger partial charge in [-0.05, 0) is 54.7 Å². The largest absolute Gasteiger partial charge is 0.376 e. The van der Waals surface area contributed by atoms with Crippen LogP contribution in [0.1, 0.15) is 44.6 Å². The van der Waals surface area contributed by atoms with E-state index in [0.29, 0.717) is 24.7 Å². The van der Waals surface area contributed by atoms with E-state index in [-0.39, 0.29) is 17.3 Å². The van der Waals surface area contributed by atoms with Crippen molar-refractivity contribution < 1.29 is 13.2 Å². The van der Waals surface area contributed by atoms with Gasteiger partial charge in [-0.25, -0.2) is 8.42 Å². The summed E-state index contributed by atoms with van der Waals surface area (Å²) in [6, 6.07) is 14.4. The molecule has 2 N–H and O–H groups in total. The zero-order valence-corrected chi connectivity index (χ0v) is 17.8. The molecule has 0 spiro atoms. The van der Waals surface area contributed by atoms with E-state index in [9.17, 15) is 13.2 Å². The molecule has 1 aliphatic rings. The maximum absolute atomic E-state index is 12.8. The van der Waals surface area contributed by atoms with E-state index < -0.39 is 10.0 Å². The number of hydrogen-bond donors (Lipinski definition) is 2. The molecule has 1 amide bonds. The molecule has 3 rings (SSSR count). The van der Waals surface area contributed by atoms with E-state index in [1.165, 1.54) is 5.56 Å². The minimum atomic E-state index is -3.49. The Morgan fingerprint density at radius 3 is 2.34 bits per heavy atom. The third-order valence-corrected chi connectivity index (χ3v) is 7.00. The lowest BCUT2D eigenvalue weighted by Gasteiger charge is -2.26. The molecule has 0 unspecified atom stereocenters. The molecule has 6 nitrogen and oxygen atoms in total. The summed E-state index contributed by atoms with van der Waals surface area (Å²) in [4.78, 5) is 12.5. The highest BCUT2D eigenvalue weighted by Crippen LogP contribution is 2.23. The van der Waals surface area contributed by atoms with Gasteiger partial charge in [-0.1, -0.05) is 38.5 Å². The molecule has 1 fully saturated rings. The van der Waals surface area contributed by atoms with Crippen LogP contribution in [0.15, 0.2) is 53.4 Å². The number of hydrogen-bond acceptors (Lipinski definition) is 4. The van der Waals surface area contributed by atoms with Gasteiger partial charge in [0.05, 0.1) is 11.4 Å². The monoisotopic (exact) mass is 415 g/mol. The zero-order chi connectivity index (χ0) is 20.9. The number of amides is 1. The first-order valence-corrected chi connectivity index (χ1v) is 11.5. The first-order valence-electron chi connectivity index (χ1n) is 10.1. The van der Waals surface area contributed by atoms with Gasteiger partial charge in [0.15, 0.2) is 0 Å². The number of carbonyl (C=O) groups is 1. The summed E-state index contributed by atoms with van der Waals surface area (Å²) in [5, 5.41) is 5.86. The maximum atomic E-state index is 12.8. The van der Waals surface area contributed by atoms with E-state index in [1.807, 2.05) is 24.3 Å². The van der Waals surface area contributed by atoms with Crippen molar-refractivity contribution in [1.29, 1.82) is 0 Å². The molecule has 2 aromatic rings. The van der Waals surface area contributed by atoms with Crippen LogP contribution in [0.2, 0.25) is 0 Å². The highest BCUT2D eigenvalue weighted by atomic mass is 32.2. The summed E-state index contributed by atoms with van der Waals surface area (Å²) >= 11 is 0. The third kappa shape index (κ3) is 5.58. The SMILES string of the molecule is CC(C)c1ccc(NC(=O)CNc2cccc(S(=O)(=O)N3CCCCC3)c2)cc1. The molecule has 0 radical (unpaired) electrons. The summed E-state index contributed by atoms with van der Waals surface area (Å²) in [5.74, 6) is 0.251. The average Bonchev–Trinajstić information content (AvgIpc) is 2.73. The first-order chi connectivity index (χ1) is 13.9. The molecular weight excluding hydrogens is 386 g/mol. The highest BCUT2D eigenvalue weighted by molar-refractivity contribution is 7.89. The van der Waals surface area contributed by atoms with E-state index in [1.54, 1.807) is 28.6 Å². The summed E-state index contributed by atoms with van der Waals surface area (Å²) < 4.78 is 27.2. The second kappa shape index (κ2) is 9.41. The van der Waals surface area contributed by atoms with Crippen LogP contribution in [0, 0.1) is 0 Å². The van der Waals surface area contributed by atoms with Crippen molar-refractivity contribution in [2.24, 2.45) is 0 Å². The summed E-state index contributed by atoms with van der Waals surface area (Å²) in [6.45, 7) is 5.43. The number of carbonyl (C=O) groups excluding carboxylic acids is 1. The first kappa shape index (κ1) is 21.3. The van der Waals surface area contributed by atoms with Crippen LogP contribution in [-0.2, 0) is 14.8 Å². The molecule has 1 saturated heterocycles. The minimum Gasteiger partial charge on any atom is -0.376 e. The Bertz CT molecular complexity index is 934. The van der Waals surface area contributed by atoms with Gasteiger partial charge < -0.3 is 10.6 Å². The van der Waals surface area contributed by atoms with Crippen LogP contribution in [0.3, 0.4) is 0 Å². The summed E-state index contributed by atoms with van der Waals surface area (Å²) in [6.07, 6.45) is 2.87. The van der Waals surface area contributed by atoms with Gasteiger partial charge in [0.1, 0.15) is 0 Å². The zero-order valence-electron chi connectivity index (χ0n) is 17.0. The molecule has 0 atom stereocenters. The smallest absolute Gasteiger partial charge is 0.243 e. The Labute approximate surface area is 173 Å². The van der Waals surface area contributed by atoms with Gasteiger partial charge in [0.2, 0.25) is 15.9 Å². The number of sulfonamides is 1. The van der Waals surface area contributed by atoms with Crippen molar-refractivity contribution in [3.63, 3.8) is 0 Å². The molecule has 0 bridgehead atoms. The maximum Gasteiger partial charge on any atom is 0.243 e. The lowest BCUT2D eigenvalue weighted by atomic mass is 10.0. The number of nitrogens with zero attached hydrogens (tertiary/aromatic N) is 1. The molecule has 2 aromatic carbocycles. The molecule has 1 aliphatic heterocycles. The lowest BCUT2D eigenvalue weighted by Crippen LogP contribution is -2.35. The number of anilines is 2. The molecule has 29 heavy (non-hydrogen) atoms. The van der Waals surface area contributed by atoms with Gasteiger partial charge in [0.25, 0.3) is 0 Å². The van der Waals surface area contributed by atoms with E-state index in [4.69, 9.17) is 0 Å². The van der Waals surface area contributed by atoms with Crippen molar-refractivity contribution in [2.75, 3.05) is 30.3 Å².